The van der Waals surface area contributed by atoms with Crippen LogP contribution in [0.3, 0.4) is 0 Å². The summed E-state index contributed by atoms with van der Waals surface area (Å²) in [7, 11) is 0. The van der Waals surface area contributed by atoms with Gasteiger partial charge in [0.2, 0.25) is 0 Å². The van der Waals surface area contributed by atoms with Gasteiger partial charge in [-0.3, -0.25) is 4.79 Å². The average molecular weight is 222 g/mol. The third-order valence-corrected chi connectivity index (χ3v) is 2.26. The minimum Gasteiger partial charge on any atom is -0.478 e. The monoisotopic (exact) mass is 222 g/mol. The van der Waals surface area contributed by atoms with Gasteiger partial charge < -0.3 is 9.84 Å². The second-order valence-corrected chi connectivity index (χ2v) is 3.63. The lowest BCUT2D eigenvalue weighted by molar-refractivity contribution is -0.141. The summed E-state index contributed by atoms with van der Waals surface area (Å²) in [6, 6.07) is 6.55. The van der Waals surface area contributed by atoms with Crippen LogP contribution in [0.2, 0.25) is 0 Å². The molecule has 0 saturated heterocycles. The molecule has 0 aliphatic heterocycles. The Kier molecular flexibility index (Phi) is 4.05. The lowest BCUT2D eigenvalue weighted by atomic mass is 10.0. The van der Waals surface area contributed by atoms with Gasteiger partial charge in [0, 0.05) is 12.8 Å². The maximum atomic E-state index is 10.6. The normalized spacial score (nSPS) is 11.9. The smallest absolute Gasteiger partial charge is 0.335 e. The van der Waals surface area contributed by atoms with Crippen LogP contribution in [0.15, 0.2) is 24.3 Å². The Hall–Kier alpha value is -1.84. The van der Waals surface area contributed by atoms with E-state index in [4.69, 9.17) is 9.84 Å². The van der Waals surface area contributed by atoms with E-state index < -0.39 is 5.97 Å². The number of esters is 1. The summed E-state index contributed by atoms with van der Waals surface area (Å²) >= 11 is 0. The Morgan fingerprint density at radius 1 is 1.31 bits per heavy atom. The quantitative estimate of drug-likeness (QED) is 0.792. The largest absolute Gasteiger partial charge is 0.478 e. The predicted octanol–water partition coefficient (Wildman–Crippen LogP) is 2.05. The molecule has 0 unspecified atom stereocenters. The van der Waals surface area contributed by atoms with Crippen LogP contribution >= 0.6 is 0 Å². The average Bonchev–Trinajstić information content (AvgIpc) is 2.26. The third-order valence-electron chi connectivity index (χ3n) is 2.26. The van der Waals surface area contributed by atoms with Crippen LogP contribution < -0.4 is 0 Å². The van der Waals surface area contributed by atoms with Gasteiger partial charge in [-0.15, -0.1) is 0 Å². The first-order chi connectivity index (χ1) is 7.50. The van der Waals surface area contributed by atoms with Crippen molar-refractivity contribution in [1.82, 2.24) is 0 Å². The van der Waals surface area contributed by atoms with Gasteiger partial charge in [0.1, 0.15) is 0 Å². The van der Waals surface area contributed by atoms with Gasteiger partial charge in [-0.05, 0) is 17.7 Å². The summed E-state index contributed by atoms with van der Waals surface area (Å²) in [5.74, 6) is -1.19. The summed E-state index contributed by atoms with van der Waals surface area (Å²) < 4.78 is 4.88. The van der Waals surface area contributed by atoms with E-state index in [1.807, 2.05) is 6.92 Å². The van der Waals surface area contributed by atoms with E-state index in [9.17, 15) is 9.59 Å². The molecule has 4 heteroatoms. The van der Waals surface area contributed by atoms with E-state index in [0.29, 0.717) is 6.61 Å². The molecule has 0 radical (unpaired) electrons. The van der Waals surface area contributed by atoms with Crippen molar-refractivity contribution in [2.45, 2.75) is 19.8 Å². The second kappa shape index (κ2) is 5.30. The number of carbonyl (C=O) groups is 2. The molecule has 0 aliphatic carbocycles. The Bertz CT molecular complexity index is 381. The summed E-state index contributed by atoms with van der Waals surface area (Å²) in [6.07, 6.45) is 0. The zero-order chi connectivity index (χ0) is 12.1. The van der Waals surface area contributed by atoms with Crippen molar-refractivity contribution in [3.05, 3.63) is 35.4 Å². The van der Waals surface area contributed by atoms with E-state index in [0.717, 1.165) is 5.56 Å². The van der Waals surface area contributed by atoms with Gasteiger partial charge in [0.25, 0.3) is 0 Å². The van der Waals surface area contributed by atoms with Crippen LogP contribution in [0, 0.1) is 0 Å². The second-order valence-electron chi connectivity index (χ2n) is 3.63. The van der Waals surface area contributed by atoms with Gasteiger partial charge >= 0.3 is 11.9 Å². The first-order valence-electron chi connectivity index (χ1n) is 4.97. The number of carboxylic acid groups (broad SMARTS) is 1. The fourth-order valence-corrected chi connectivity index (χ4v) is 1.29. The van der Waals surface area contributed by atoms with Gasteiger partial charge in [-0.2, -0.15) is 0 Å². The fourth-order valence-electron chi connectivity index (χ4n) is 1.29. The highest BCUT2D eigenvalue weighted by Gasteiger charge is 2.08. The fraction of sp³-hybridized carbons (Fsp3) is 0.333. The standard InChI is InChI=1S/C12H14O4/c1-8(7-16-9(2)13)10-3-5-11(6-4-10)12(14)15/h3-6,8H,7H2,1-2H3,(H,14,15)/t8-/m1/s1. The molecular weight excluding hydrogens is 208 g/mol. The van der Waals surface area contributed by atoms with Gasteiger partial charge in [-0.1, -0.05) is 19.1 Å². The van der Waals surface area contributed by atoms with Crippen molar-refractivity contribution in [3.63, 3.8) is 0 Å². The topological polar surface area (TPSA) is 63.6 Å². The summed E-state index contributed by atoms with van der Waals surface area (Å²) in [5, 5.41) is 8.72. The van der Waals surface area contributed by atoms with E-state index in [2.05, 4.69) is 0 Å². The van der Waals surface area contributed by atoms with Crippen LogP contribution in [0.25, 0.3) is 0 Å². The van der Waals surface area contributed by atoms with Crippen LogP contribution in [0.4, 0.5) is 0 Å². The third kappa shape index (κ3) is 3.38. The SMILES string of the molecule is CC(=O)OC[C@@H](C)c1ccc(C(=O)O)cc1. The predicted molar refractivity (Wildman–Crippen MR) is 58.4 cm³/mol. The molecule has 0 heterocycles. The van der Waals surface area contributed by atoms with Crippen LogP contribution in [-0.4, -0.2) is 23.7 Å². The zero-order valence-corrected chi connectivity index (χ0v) is 9.27. The lowest BCUT2D eigenvalue weighted by Gasteiger charge is -2.11. The van der Waals surface area contributed by atoms with Crippen LogP contribution in [-0.2, 0) is 9.53 Å². The molecule has 0 amide bonds. The van der Waals surface area contributed by atoms with Crippen molar-refractivity contribution in [2.24, 2.45) is 0 Å². The number of ether oxygens (including phenoxy) is 1. The molecule has 0 bridgehead atoms. The Morgan fingerprint density at radius 2 is 1.88 bits per heavy atom. The number of aromatic carboxylic acids is 1. The first kappa shape index (κ1) is 12.2. The minimum atomic E-state index is -0.945. The number of carboxylic acids is 1. The van der Waals surface area contributed by atoms with Gasteiger partial charge in [0.15, 0.2) is 0 Å². The van der Waals surface area contributed by atoms with Crippen molar-refractivity contribution in [2.75, 3.05) is 6.61 Å². The molecular formula is C12H14O4. The van der Waals surface area contributed by atoms with E-state index in [-0.39, 0.29) is 17.5 Å². The lowest BCUT2D eigenvalue weighted by Crippen LogP contribution is -2.08. The molecule has 16 heavy (non-hydrogen) atoms. The van der Waals surface area contributed by atoms with E-state index in [1.54, 1.807) is 24.3 Å². The summed E-state index contributed by atoms with van der Waals surface area (Å²) in [6.45, 7) is 3.58. The molecule has 0 fully saturated rings. The van der Waals surface area contributed by atoms with Gasteiger partial charge in [-0.25, -0.2) is 4.79 Å². The van der Waals surface area contributed by atoms with Gasteiger partial charge in [0.05, 0.1) is 12.2 Å². The molecule has 4 nitrogen and oxygen atoms in total. The number of carbonyl (C=O) groups excluding carboxylic acids is 1. The highest BCUT2D eigenvalue weighted by molar-refractivity contribution is 5.87. The highest BCUT2D eigenvalue weighted by atomic mass is 16.5. The highest BCUT2D eigenvalue weighted by Crippen LogP contribution is 2.16. The summed E-state index contributed by atoms with van der Waals surface area (Å²) in [4.78, 5) is 21.3. The molecule has 0 aliphatic rings. The molecule has 1 rings (SSSR count). The molecule has 86 valence electrons. The van der Waals surface area contributed by atoms with Crippen molar-refractivity contribution in [3.8, 4) is 0 Å². The maximum Gasteiger partial charge on any atom is 0.335 e. The number of benzene rings is 1. The van der Waals surface area contributed by atoms with Crippen LogP contribution in [0.1, 0.15) is 35.7 Å². The van der Waals surface area contributed by atoms with Crippen molar-refractivity contribution < 1.29 is 19.4 Å². The zero-order valence-electron chi connectivity index (χ0n) is 9.27. The number of hydrogen-bond donors (Lipinski definition) is 1. The van der Waals surface area contributed by atoms with E-state index >= 15 is 0 Å². The molecule has 1 aromatic carbocycles. The molecule has 0 spiro atoms. The Labute approximate surface area is 93.9 Å². The molecule has 1 N–H and O–H groups in total. The molecule has 1 atom stereocenters. The molecule has 1 aromatic rings. The summed E-state index contributed by atoms with van der Waals surface area (Å²) in [5.41, 5.74) is 1.20. The maximum absolute atomic E-state index is 10.6. The van der Waals surface area contributed by atoms with Crippen molar-refractivity contribution in [1.29, 1.82) is 0 Å². The first-order valence-corrected chi connectivity index (χ1v) is 4.97. The van der Waals surface area contributed by atoms with Crippen molar-refractivity contribution >= 4 is 11.9 Å². The Morgan fingerprint density at radius 3 is 2.31 bits per heavy atom. The number of rotatable bonds is 4. The Balaban J connectivity index is 2.66. The molecule has 0 aromatic heterocycles. The van der Waals surface area contributed by atoms with Crippen LogP contribution in [0.5, 0.6) is 0 Å². The molecule has 0 saturated carbocycles. The minimum absolute atomic E-state index is 0.0618. The number of hydrogen-bond acceptors (Lipinski definition) is 3. The van der Waals surface area contributed by atoms with E-state index in [1.165, 1.54) is 6.92 Å².